The highest BCUT2D eigenvalue weighted by Gasteiger charge is 2.46. The van der Waals surface area contributed by atoms with Crippen molar-refractivity contribution in [1.82, 2.24) is 9.97 Å². The number of hydrogen-bond acceptors (Lipinski definition) is 3. The summed E-state index contributed by atoms with van der Waals surface area (Å²) in [6, 6.07) is 83.4. The highest BCUT2D eigenvalue weighted by molar-refractivity contribution is 7.25. The Morgan fingerprint density at radius 1 is 0.323 bits per heavy atom. The first kappa shape index (κ1) is 36.2. The van der Waals surface area contributed by atoms with Crippen molar-refractivity contribution in [2.75, 3.05) is 0 Å². The third-order valence-corrected chi connectivity index (χ3v) is 13.8. The lowest BCUT2D eigenvalue weighted by molar-refractivity contribution is 0.768. The van der Waals surface area contributed by atoms with E-state index in [1.54, 1.807) is 0 Å². The highest BCUT2D eigenvalue weighted by Crippen LogP contribution is 2.58. The first-order valence-corrected chi connectivity index (χ1v) is 22.0. The molecule has 0 atom stereocenters. The molecule has 62 heavy (non-hydrogen) atoms. The number of fused-ring (bicyclic) bond motifs is 6. The zero-order valence-electron chi connectivity index (χ0n) is 33.7. The van der Waals surface area contributed by atoms with Crippen LogP contribution in [0.5, 0.6) is 0 Å². The molecule has 0 saturated carbocycles. The zero-order chi connectivity index (χ0) is 41.0. The van der Waals surface area contributed by atoms with Crippen LogP contribution >= 0.6 is 11.3 Å². The topological polar surface area (TPSA) is 25.8 Å². The van der Waals surface area contributed by atoms with E-state index in [0.29, 0.717) is 5.82 Å². The van der Waals surface area contributed by atoms with E-state index in [4.69, 9.17) is 9.97 Å². The van der Waals surface area contributed by atoms with Gasteiger partial charge in [-0.1, -0.05) is 200 Å². The Kier molecular flexibility index (Phi) is 8.62. The van der Waals surface area contributed by atoms with Gasteiger partial charge in [-0.2, -0.15) is 0 Å². The number of rotatable bonds is 7. The zero-order valence-corrected chi connectivity index (χ0v) is 34.6. The summed E-state index contributed by atoms with van der Waals surface area (Å²) >= 11 is 1.85. The molecule has 0 N–H and O–H groups in total. The van der Waals surface area contributed by atoms with E-state index >= 15 is 0 Å². The molecule has 0 radical (unpaired) electrons. The highest BCUT2D eigenvalue weighted by atomic mass is 32.1. The first-order valence-electron chi connectivity index (χ1n) is 21.1. The van der Waals surface area contributed by atoms with Gasteiger partial charge in [0.25, 0.3) is 0 Å². The molecule has 12 rings (SSSR count). The standard InChI is InChI=1S/C59H38N2S/c1-4-18-39(19-5-1)58-60-53(42-21-16-20-40(36-42)45-26-10-11-27-46(45)41-34-35-56-50(37-41)47-28-13-15-33-55(47)62-56)38-54(61-58)49-30-17-32-52-57(49)48-29-12-14-31-51(48)59(52,43-22-6-2-7-23-43)44-24-8-3-9-25-44/h1-38H. The van der Waals surface area contributed by atoms with Crippen molar-refractivity contribution >= 4 is 31.5 Å². The van der Waals surface area contributed by atoms with Crippen LogP contribution in [-0.2, 0) is 5.41 Å². The summed E-state index contributed by atoms with van der Waals surface area (Å²) in [5.41, 5.74) is 16.5. The normalized spacial score (nSPS) is 12.6. The summed E-state index contributed by atoms with van der Waals surface area (Å²) in [5, 5.41) is 2.61. The Labute approximate surface area is 365 Å². The predicted octanol–water partition coefficient (Wildman–Crippen LogP) is 15.5. The summed E-state index contributed by atoms with van der Waals surface area (Å²) in [7, 11) is 0. The Bertz CT molecular complexity index is 3420. The molecule has 2 aromatic heterocycles. The van der Waals surface area contributed by atoms with Crippen molar-refractivity contribution in [3.05, 3.63) is 253 Å². The molecule has 1 aliphatic rings. The van der Waals surface area contributed by atoms with Gasteiger partial charge in [0, 0.05) is 36.9 Å². The summed E-state index contributed by atoms with van der Waals surface area (Å²) in [6.45, 7) is 0. The van der Waals surface area contributed by atoms with Gasteiger partial charge in [-0.05, 0) is 86.0 Å². The molecule has 1 aliphatic carbocycles. The Morgan fingerprint density at radius 3 is 1.61 bits per heavy atom. The fourth-order valence-electron chi connectivity index (χ4n) is 9.88. The molecule has 0 fully saturated rings. The molecule has 0 unspecified atom stereocenters. The molecule has 0 amide bonds. The molecule has 290 valence electrons. The lowest BCUT2D eigenvalue weighted by Crippen LogP contribution is -2.28. The van der Waals surface area contributed by atoms with Crippen molar-refractivity contribution in [3.63, 3.8) is 0 Å². The average Bonchev–Trinajstić information content (AvgIpc) is 3.88. The minimum atomic E-state index is -0.509. The van der Waals surface area contributed by atoms with E-state index in [2.05, 4.69) is 224 Å². The summed E-state index contributed by atoms with van der Waals surface area (Å²) < 4.78 is 2.62. The number of aromatic nitrogens is 2. The quantitative estimate of drug-likeness (QED) is 0.160. The van der Waals surface area contributed by atoms with E-state index in [1.165, 1.54) is 70.2 Å². The second-order valence-electron chi connectivity index (χ2n) is 16.0. The Morgan fingerprint density at radius 2 is 0.855 bits per heavy atom. The molecular formula is C59H38N2S. The van der Waals surface area contributed by atoms with Gasteiger partial charge in [-0.15, -0.1) is 11.3 Å². The van der Waals surface area contributed by atoms with Crippen molar-refractivity contribution in [2.24, 2.45) is 0 Å². The van der Waals surface area contributed by atoms with Crippen LogP contribution < -0.4 is 0 Å². The number of nitrogens with zero attached hydrogens (tertiary/aromatic N) is 2. The molecular weight excluding hydrogens is 769 g/mol. The molecule has 11 aromatic rings. The number of hydrogen-bond donors (Lipinski definition) is 0. The predicted molar refractivity (Wildman–Crippen MR) is 259 cm³/mol. The molecule has 3 heteroatoms. The SMILES string of the molecule is c1ccc(-c2nc(-c3cccc(-c4ccccc4-c4ccc5sc6ccccc6c5c4)c3)cc(-c3cccc4c3-c3ccccc3C4(c3ccccc3)c3ccccc3)n2)cc1. The maximum atomic E-state index is 5.41. The van der Waals surface area contributed by atoms with Gasteiger partial charge >= 0.3 is 0 Å². The molecule has 0 bridgehead atoms. The maximum absolute atomic E-state index is 5.41. The molecule has 0 spiro atoms. The van der Waals surface area contributed by atoms with Crippen molar-refractivity contribution in [2.45, 2.75) is 5.41 Å². The van der Waals surface area contributed by atoms with E-state index in [1.807, 2.05) is 17.4 Å². The van der Waals surface area contributed by atoms with Crippen molar-refractivity contribution in [1.29, 1.82) is 0 Å². The molecule has 0 aliphatic heterocycles. The second-order valence-corrected chi connectivity index (χ2v) is 17.1. The average molecular weight is 807 g/mol. The number of thiophene rings is 1. The summed E-state index contributed by atoms with van der Waals surface area (Å²) in [5.74, 6) is 0.696. The van der Waals surface area contributed by atoms with Crippen molar-refractivity contribution < 1.29 is 0 Å². The molecule has 0 saturated heterocycles. The van der Waals surface area contributed by atoms with Gasteiger partial charge in [0.15, 0.2) is 5.82 Å². The van der Waals surface area contributed by atoms with Crippen LogP contribution in [0.3, 0.4) is 0 Å². The van der Waals surface area contributed by atoms with Gasteiger partial charge in [0.2, 0.25) is 0 Å². The van der Waals surface area contributed by atoms with E-state index in [-0.39, 0.29) is 0 Å². The van der Waals surface area contributed by atoms with Crippen LogP contribution in [0.15, 0.2) is 231 Å². The van der Waals surface area contributed by atoms with E-state index in [0.717, 1.165) is 33.6 Å². The minimum absolute atomic E-state index is 0.509. The van der Waals surface area contributed by atoms with Gasteiger partial charge in [0.05, 0.1) is 16.8 Å². The maximum Gasteiger partial charge on any atom is 0.160 e. The fourth-order valence-corrected chi connectivity index (χ4v) is 11.0. The van der Waals surface area contributed by atoms with Crippen LogP contribution in [0.1, 0.15) is 22.3 Å². The van der Waals surface area contributed by atoms with E-state index in [9.17, 15) is 0 Å². The van der Waals surface area contributed by atoms with Gasteiger partial charge in [0.1, 0.15) is 0 Å². The van der Waals surface area contributed by atoms with Crippen LogP contribution in [-0.4, -0.2) is 9.97 Å². The lowest BCUT2D eigenvalue weighted by atomic mass is 9.67. The van der Waals surface area contributed by atoms with E-state index < -0.39 is 5.41 Å². The molecule has 9 aromatic carbocycles. The van der Waals surface area contributed by atoms with Crippen LogP contribution in [0.4, 0.5) is 0 Å². The fraction of sp³-hybridized carbons (Fsp3) is 0.0169. The van der Waals surface area contributed by atoms with Crippen LogP contribution in [0.2, 0.25) is 0 Å². The smallest absolute Gasteiger partial charge is 0.160 e. The Hall–Kier alpha value is -7.72. The largest absolute Gasteiger partial charge is 0.228 e. The van der Waals surface area contributed by atoms with Gasteiger partial charge < -0.3 is 0 Å². The summed E-state index contributed by atoms with van der Waals surface area (Å²) in [6.07, 6.45) is 0. The Balaban J connectivity index is 1.04. The molecule has 2 nitrogen and oxygen atoms in total. The lowest BCUT2D eigenvalue weighted by Gasteiger charge is -2.33. The van der Waals surface area contributed by atoms with Crippen molar-refractivity contribution in [3.8, 4) is 67.3 Å². The molecule has 2 heterocycles. The monoisotopic (exact) mass is 806 g/mol. The summed E-state index contributed by atoms with van der Waals surface area (Å²) in [4.78, 5) is 10.7. The second kappa shape index (κ2) is 14.8. The van der Waals surface area contributed by atoms with Crippen LogP contribution in [0, 0.1) is 0 Å². The first-order chi connectivity index (χ1) is 30.7. The number of benzene rings is 9. The van der Waals surface area contributed by atoms with Gasteiger partial charge in [-0.3, -0.25) is 0 Å². The van der Waals surface area contributed by atoms with Gasteiger partial charge in [-0.25, -0.2) is 9.97 Å². The third kappa shape index (κ3) is 5.78. The minimum Gasteiger partial charge on any atom is -0.228 e. The third-order valence-electron chi connectivity index (χ3n) is 12.6. The van der Waals surface area contributed by atoms with Crippen LogP contribution in [0.25, 0.3) is 87.5 Å².